The van der Waals surface area contributed by atoms with Gasteiger partial charge in [0, 0.05) is 23.5 Å². The van der Waals surface area contributed by atoms with Gasteiger partial charge in [0.05, 0.1) is 6.42 Å². The Morgan fingerprint density at radius 1 is 1.35 bits per heavy atom. The van der Waals surface area contributed by atoms with E-state index in [4.69, 9.17) is 23.2 Å². The molecule has 0 aliphatic carbocycles. The molecule has 0 radical (unpaired) electrons. The molecule has 2 rings (SSSR count). The number of carbonyl (C=O) groups is 1. The van der Waals surface area contributed by atoms with Crippen molar-refractivity contribution in [3.63, 3.8) is 0 Å². The Morgan fingerprint density at radius 2 is 2.06 bits per heavy atom. The third-order valence-electron chi connectivity index (χ3n) is 3.14. The average molecular weight is 272 g/mol. The summed E-state index contributed by atoms with van der Waals surface area (Å²) in [7, 11) is 0. The van der Waals surface area contributed by atoms with Gasteiger partial charge < -0.3 is 4.90 Å². The molecular weight excluding hydrogens is 257 g/mol. The molecule has 0 spiro atoms. The summed E-state index contributed by atoms with van der Waals surface area (Å²) in [6.07, 6.45) is 2.52. The number of hydrogen-bond acceptors (Lipinski definition) is 1. The zero-order valence-electron chi connectivity index (χ0n) is 9.53. The fourth-order valence-corrected chi connectivity index (χ4v) is 2.65. The van der Waals surface area contributed by atoms with Crippen molar-refractivity contribution in [3.8, 4) is 0 Å². The Bertz CT molecular complexity index is 391. The van der Waals surface area contributed by atoms with E-state index in [0.29, 0.717) is 17.3 Å². The molecule has 1 aliphatic heterocycles. The van der Waals surface area contributed by atoms with Crippen molar-refractivity contribution < 1.29 is 4.79 Å². The Morgan fingerprint density at radius 3 is 2.71 bits per heavy atom. The molecule has 1 atom stereocenters. The first kappa shape index (κ1) is 12.7. The van der Waals surface area contributed by atoms with Gasteiger partial charge in [0.2, 0.25) is 5.91 Å². The lowest BCUT2D eigenvalue weighted by molar-refractivity contribution is -0.130. The lowest BCUT2D eigenvalue weighted by Crippen LogP contribution is -2.37. The maximum absolute atomic E-state index is 12.1. The molecule has 2 nitrogen and oxygen atoms in total. The fourth-order valence-electron chi connectivity index (χ4n) is 2.20. The van der Waals surface area contributed by atoms with Crippen LogP contribution in [0.4, 0.5) is 0 Å². The predicted octanol–water partition coefficient (Wildman–Crippen LogP) is 3.11. The zero-order valence-corrected chi connectivity index (χ0v) is 11.0. The smallest absolute Gasteiger partial charge is 0.227 e. The summed E-state index contributed by atoms with van der Waals surface area (Å²) in [6.45, 7) is 0.837. The maximum Gasteiger partial charge on any atom is 0.227 e. The minimum absolute atomic E-state index is 0.162. The number of carbonyl (C=O) groups excluding carboxylic acids is 1. The first-order valence-corrected chi connectivity index (χ1v) is 6.72. The van der Waals surface area contributed by atoms with Crippen LogP contribution in [0.15, 0.2) is 24.3 Å². The number of amides is 1. The van der Waals surface area contributed by atoms with Gasteiger partial charge >= 0.3 is 0 Å². The second-order valence-electron chi connectivity index (χ2n) is 4.34. The third kappa shape index (κ3) is 3.14. The zero-order chi connectivity index (χ0) is 12.3. The van der Waals surface area contributed by atoms with Gasteiger partial charge in [-0.25, -0.2) is 0 Å². The maximum atomic E-state index is 12.1. The summed E-state index contributed by atoms with van der Waals surface area (Å²) < 4.78 is 0. The van der Waals surface area contributed by atoms with Gasteiger partial charge in [0.25, 0.3) is 0 Å². The van der Waals surface area contributed by atoms with Crippen LogP contribution in [0.2, 0.25) is 5.02 Å². The van der Waals surface area contributed by atoms with E-state index in [1.54, 1.807) is 0 Å². The molecular formula is C13H15Cl2NO. The summed E-state index contributed by atoms with van der Waals surface area (Å²) in [4.78, 5) is 14.0. The van der Waals surface area contributed by atoms with Crippen molar-refractivity contribution in [3.05, 3.63) is 34.9 Å². The van der Waals surface area contributed by atoms with Gasteiger partial charge in [0.15, 0.2) is 0 Å². The van der Waals surface area contributed by atoms with Crippen LogP contribution in [0.5, 0.6) is 0 Å². The van der Waals surface area contributed by atoms with E-state index < -0.39 is 0 Å². The normalized spacial score (nSPS) is 19.6. The molecule has 1 aromatic carbocycles. The van der Waals surface area contributed by atoms with Crippen LogP contribution in [-0.2, 0) is 11.2 Å². The van der Waals surface area contributed by atoms with Crippen LogP contribution in [0, 0.1) is 0 Å². The summed E-state index contributed by atoms with van der Waals surface area (Å²) in [5, 5.41) is 0.695. The van der Waals surface area contributed by atoms with Crippen LogP contribution in [0.3, 0.4) is 0 Å². The first-order chi connectivity index (χ1) is 8.20. The number of halogens is 2. The monoisotopic (exact) mass is 271 g/mol. The van der Waals surface area contributed by atoms with E-state index in [9.17, 15) is 4.79 Å². The number of hydrogen-bond donors (Lipinski definition) is 0. The van der Waals surface area contributed by atoms with E-state index in [1.807, 2.05) is 29.2 Å². The van der Waals surface area contributed by atoms with Gasteiger partial charge in [-0.2, -0.15) is 0 Å². The van der Waals surface area contributed by atoms with Gasteiger partial charge in [-0.3, -0.25) is 4.79 Å². The lowest BCUT2D eigenvalue weighted by Gasteiger charge is -2.22. The molecule has 1 aliphatic rings. The van der Waals surface area contributed by atoms with Crippen LogP contribution < -0.4 is 0 Å². The summed E-state index contributed by atoms with van der Waals surface area (Å²) in [5.41, 5.74) is 1.000. The van der Waals surface area contributed by atoms with Crippen molar-refractivity contribution in [2.24, 2.45) is 0 Å². The quantitative estimate of drug-likeness (QED) is 0.774. The number of benzene rings is 1. The highest BCUT2D eigenvalue weighted by atomic mass is 35.5. The standard InChI is InChI=1S/C13H15Cl2NO/c14-9-12-2-1-7-16(12)13(17)8-10-3-5-11(15)6-4-10/h3-6,12H,1-2,7-9H2. The highest BCUT2D eigenvalue weighted by Crippen LogP contribution is 2.20. The SMILES string of the molecule is O=C(Cc1ccc(Cl)cc1)N1CCCC1CCl. The molecule has 17 heavy (non-hydrogen) atoms. The van der Waals surface area contributed by atoms with Crippen molar-refractivity contribution >= 4 is 29.1 Å². The van der Waals surface area contributed by atoms with Gasteiger partial charge in [-0.1, -0.05) is 23.7 Å². The summed E-state index contributed by atoms with van der Waals surface area (Å²) in [6, 6.07) is 7.63. The molecule has 1 aromatic rings. The number of alkyl halides is 1. The number of rotatable bonds is 3. The molecule has 0 saturated carbocycles. The minimum atomic E-state index is 0.162. The molecule has 0 aromatic heterocycles. The highest BCUT2D eigenvalue weighted by Gasteiger charge is 2.27. The van der Waals surface area contributed by atoms with E-state index in [0.717, 1.165) is 24.9 Å². The topological polar surface area (TPSA) is 20.3 Å². The average Bonchev–Trinajstić information content (AvgIpc) is 2.80. The largest absolute Gasteiger partial charge is 0.338 e. The van der Waals surface area contributed by atoms with E-state index in [-0.39, 0.29) is 11.9 Å². The molecule has 1 heterocycles. The molecule has 1 fully saturated rings. The van der Waals surface area contributed by atoms with Crippen LogP contribution in [0.25, 0.3) is 0 Å². The predicted molar refractivity (Wildman–Crippen MR) is 70.6 cm³/mol. The second-order valence-corrected chi connectivity index (χ2v) is 5.09. The molecule has 92 valence electrons. The van der Waals surface area contributed by atoms with Crippen LogP contribution in [-0.4, -0.2) is 29.3 Å². The van der Waals surface area contributed by atoms with E-state index in [2.05, 4.69) is 0 Å². The van der Waals surface area contributed by atoms with Gasteiger partial charge in [-0.05, 0) is 30.5 Å². The van der Waals surface area contributed by atoms with Crippen molar-refractivity contribution in [1.82, 2.24) is 4.90 Å². The Kier molecular flexibility index (Phi) is 4.30. The third-order valence-corrected chi connectivity index (χ3v) is 3.75. The summed E-state index contributed by atoms with van der Waals surface area (Å²) in [5.74, 6) is 0.697. The fraction of sp³-hybridized carbons (Fsp3) is 0.462. The van der Waals surface area contributed by atoms with Crippen LogP contribution in [0.1, 0.15) is 18.4 Å². The van der Waals surface area contributed by atoms with E-state index >= 15 is 0 Å². The first-order valence-electron chi connectivity index (χ1n) is 5.80. The Balaban J connectivity index is 1.99. The van der Waals surface area contributed by atoms with Crippen LogP contribution >= 0.6 is 23.2 Å². The van der Waals surface area contributed by atoms with Gasteiger partial charge in [-0.15, -0.1) is 11.6 Å². The summed E-state index contributed by atoms with van der Waals surface area (Å²) >= 11 is 11.7. The number of nitrogens with zero attached hydrogens (tertiary/aromatic N) is 1. The minimum Gasteiger partial charge on any atom is -0.338 e. The Hall–Kier alpha value is -0.730. The van der Waals surface area contributed by atoms with E-state index in [1.165, 1.54) is 0 Å². The van der Waals surface area contributed by atoms with Crippen molar-refractivity contribution in [1.29, 1.82) is 0 Å². The van der Waals surface area contributed by atoms with Gasteiger partial charge in [0.1, 0.15) is 0 Å². The molecule has 1 unspecified atom stereocenters. The second kappa shape index (κ2) is 5.74. The van der Waals surface area contributed by atoms with Crippen molar-refractivity contribution in [2.45, 2.75) is 25.3 Å². The molecule has 4 heteroatoms. The Labute approximate surface area is 112 Å². The number of likely N-dealkylation sites (tertiary alicyclic amines) is 1. The highest BCUT2D eigenvalue weighted by molar-refractivity contribution is 6.30. The van der Waals surface area contributed by atoms with Crippen molar-refractivity contribution in [2.75, 3.05) is 12.4 Å². The molecule has 1 saturated heterocycles. The molecule has 0 bridgehead atoms. The molecule has 1 amide bonds. The lowest BCUT2D eigenvalue weighted by atomic mass is 10.1. The molecule has 0 N–H and O–H groups in total.